The normalized spacial score (nSPS) is 25.3. The van der Waals surface area contributed by atoms with Crippen molar-refractivity contribution >= 4 is 34.1 Å². The lowest BCUT2D eigenvalue weighted by Gasteiger charge is -2.34. The van der Waals surface area contributed by atoms with Crippen LogP contribution in [0.1, 0.15) is 24.2 Å². The van der Waals surface area contributed by atoms with E-state index in [0.717, 1.165) is 11.9 Å². The lowest BCUT2D eigenvalue weighted by Crippen LogP contribution is -2.42. The van der Waals surface area contributed by atoms with Gasteiger partial charge in [0.2, 0.25) is 0 Å². The maximum atomic E-state index is 12.3. The number of fused-ring (bicyclic) bond motifs is 4. The molecular weight excluding hydrogens is 270 g/mol. The van der Waals surface area contributed by atoms with E-state index in [1.165, 1.54) is 16.6 Å². The number of carbonyl (C=O) groups is 1. The van der Waals surface area contributed by atoms with E-state index in [0.29, 0.717) is 5.11 Å². The van der Waals surface area contributed by atoms with Crippen LogP contribution in [0, 0.1) is 0 Å². The molecule has 1 aromatic heterocycles. The first-order valence-electron chi connectivity index (χ1n) is 6.79. The molecule has 2 atom stereocenters. The van der Waals surface area contributed by atoms with Crippen LogP contribution in [-0.2, 0) is 11.2 Å². The summed E-state index contributed by atoms with van der Waals surface area (Å²) in [6.45, 7) is 2.11. The van der Waals surface area contributed by atoms with Gasteiger partial charge in [0.25, 0.3) is 5.91 Å². The third kappa shape index (κ3) is 1.31. The molecule has 5 heteroatoms. The lowest BCUT2D eigenvalue weighted by atomic mass is 9.93. The largest absolute Gasteiger partial charge is 0.356 e. The maximum Gasteiger partial charge on any atom is 0.251 e. The van der Waals surface area contributed by atoms with Gasteiger partial charge in [-0.1, -0.05) is 18.2 Å². The Morgan fingerprint density at radius 3 is 2.90 bits per heavy atom. The molecule has 0 unspecified atom stereocenters. The number of nitrogens with zero attached hydrogens (tertiary/aromatic N) is 2. The summed E-state index contributed by atoms with van der Waals surface area (Å²) >= 11 is 5.42. The minimum absolute atomic E-state index is 0.109. The predicted octanol–water partition coefficient (Wildman–Crippen LogP) is 2.21. The first-order valence-corrected chi connectivity index (χ1v) is 7.19. The van der Waals surface area contributed by atoms with Crippen LogP contribution >= 0.6 is 12.2 Å². The molecule has 0 saturated carbocycles. The minimum Gasteiger partial charge on any atom is -0.356 e. The zero-order valence-corrected chi connectivity index (χ0v) is 12.2. The van der Waals surface area contributed by atoms with Crippen LogP contribution in [0.2, 0.25) is 0 Å². The van der Waals surface area contributed by atoms with Crippen LogP contribution in [0.5, 0.6) is 0 Å². The summed E-state index contributed by atoms with van der Waals surface area (Å²) in [6, 6.07) is 8.24. The highest BCUT2D eigenvalue weighted by Gasteiger charge is 2.47. The van der Waals surface area contributed by atoms with Gasteiger partial charge in [0, 0.05) is 30.1 Å². The van der Waals surface area contributed by atoms with Gasteiger partial charge >= 0.3 is 0 Å². The van der Waals surface area contributed by atoms with Crippen LogP contribution in [0.3, 0.4) is 0 Å². The van der Waals surface area contributed by atoms with E-state index in [9.17, 15) is 4.79 Å². The molecule has 0 aliphatic carbocycles. The summed E-state index contributed by atoms with van der Waals surface area (Å²) < 4.78 is 0. The molecule has 4 rings (SSSR count). The lowest BCUT2D eigenvalue weighted by molar-refractivity contribution is -0.127. The number of hydrogen-bond donors (Lipinski definition) is 1. The predicted molar refractivity (Wildman–Crippen MR) is 81.4 cm³/mol. The van der Waals surface area contributed by atoms with Crippen molar-refractivity contribution < 1.29 is 4.79 Å². The Kier molecular flexibility index (Phi) is 2.27. The Bertz CT molecular complexity index is 751. The van der Waals surface area contributed by atoms with Crippen molar-refractivity contribution in [1.82, 2.24) is 14.8 Å². The highest BCUT2D eigenvalue weighted by atomic mass is 32.1. The number of benzene rings is 1. The van der Waals surface area contributed by atoms with Gasteiger partial charge in [0.05, 0.1) is 6.04 Å². The molecule has 20 heavy (non-hydrogen) atoms. The van der Waals surface area contributed by atoms with Crippen molar-refractivity contribution in [2.75, 3.05) is 7.05 Å². The molecule has 102 valence electrons. The fourth-order valence-corrected chi connectivity index (χ4v) is 3.87. The van der Waals surface area contributed by atoms with Gasteiger partial charge in [-0.15, -0.1) is 0 Å². The molecule has 1 N–H and O–H groups in total. The Hall–Kier alpha value is -1.88. The van der Waals surface area contributed by atoms with Crippen molar-refractivity contribution in [3.63, 3.8) is 0 Å². The number of amides is 1. The molecule has 1 aromatic carbocycles. The smallest absolute Gasteiger partial charge is 0.251 e. The van der Waals surface area contributed by atoms with Crippen molar-refractivity contribution in [2.24, 2.45) is 0 Å². The molecule has 1 saturated heterocycles. The number of hydrogen-bond acceptors (Lipinski definition) is 2. The van der Waals surface area contributed by atoms with Crippen LogP contribution in [-0.4, -0.2) is 38.9 Å². The topological polar surface area (TPSA) is 39.3 Å². The second-order valence-corrected chi connectivity index (χ2v) is 5.91. The molecule has 2 aliphatic heterocycles. The summed E-state index contributed by atoms with van der Waals surface area (Å²) in [6.07, 6.45) is 0.729. The van der Waals surface area contributed by atoms with Crippen LogP contribution in [0.15, 0.2) is 24.3 Å². The summed E-state index contributed by atoms with van der Waals surface area (Å²) in [5.74, 6) is 0.109. The molecule has 2 aromatic rings. The van der Waals surface area contributed by atoms with Crippen LogP contribution in [0.25, 0.3) is 10.9 Å². The van der Waals surface area contributed by atoms with E-state index in [2.05, 4.69) is 28.9 Å². The number of nitrogens with one attached hydrogen (secondary N) is 1. The summed E-state index contributed by atoms with van der Waals surface area (Å²) in [4.78, 5) is 19.5. The fraction of sp³-hybridized carbons (Fsp3) is 0.333. The second kappa shape index (κ2) is 3.82. The third-order valence-electron chi connectivity index (χ3n) is 4.54. The molecular formula is C15H15N3OS. The molecule has 2 aliphatic rings. The number of para-hydroxylation sites is 1. The Morgan fingerprint density at radius 2 is 2.10 bits per heavy atom. The molecule has 1 amide bonds. The summed E-state index contributed by atoms with van der Waals surface area (Å²) in [5.41, 5.74) is 3.59. The first-order chi connectivity index (χ1) is 9.59. The van der Waals surface area contributed by atoms with Gasteiger partial charge in [0.1, 0.15) is 6.04 Å². The van der Waals surface area contributed by atoms with Crippen LogP contribution < -0.4 is 0 Å². The average Bonchev–Trinajstić information content (AvgIpc) is 2.93. The maximum absolute atomic E-state index is 12.3. The molecule has 1 fully saturated rings. The van der Waals surface area contributed by atoms with Gasteiger partial charge in [0.15, 0.2) is 5.11 Å². The Balaban J connectivity index is 1.92. The van der Waals surface area contributed by atoms with E-state index in [1.54, 1.807) is 11.9 Å². The van der Waals surface area contributed by atoms with E-state index in [4.69, 9.17) is 12.2 Å². The monoisotopic (exact) mass is 285 g/mol. The van der Waals surface area contributed by atoms with Crippen molar-refractivity contribution in [3.05, 3.63) is 35.5 Å². The van der Waals surface area contributed by atoms with Gasteiger partial charge in [-0.3, -0.25) is 9.69 Å². The van der Waals surface area contributed by atoms with E-state index in [-0.39, 0.29) is 18.0 Å². The number of thiocarbonyl (C=S) groups is 1. The second-order valence-electron chi connectivity index (χ2n) is 5.55. The number of carbonyl (C=O) groups excluding carboxylic acids is 1. The number of aromatic amines is 1. The number of likely N-dealkylation sites (N-methyl/N-ethyl adjacent to an activating group) is 1. The van der Waals surface area contributed by atoms with Gasteiger partial charge in [-0.05, 0) is 30.8 Å². The number of rotatable bonds is 0. The van der Waals surface area contributed by atoms with Crippen LogP contribution in [0.4, 0.5) is 0 Å². The van der Waals surface area contributed by atoms with Gasteiger partial charge < -0.3 is 9.88 Å². The zero-order valence-electron chi connectivity index (χ0n) is 11.4. The molecule has 0 bridgehead atoms. The van der Waals surface area contributed by atoms with Crippen molar-refractivity contribution in [2.45, 2.75) is 25.4 Å². The molecule has 3 heterocycles. The Labute approximate surface area is 122 Å². The van der Waals surface area contributed by atoms with E-state index >= 15 is 0 Å². The standard InChI is InChI=1S/C15H15N3OS/c1-8-13-10(9-5-3-4-6-11(9)16-13)7-12-14(19)17(2)15(20)18(8)12/h3-6,8,12,16H,7H2,1-2H3/t8-,12+/m1/s1. The van der Waals surface area contributed by atoms with E-state index < -0.39 is 0 Å². The average molecular weight is 285 g/mol. The SMILES string of the molecule is C[C@@H]1c2[nH]c3ccccc3c2C[C@H]2C(=O)N(C)C(=S)N12. The van der Waals surface area contributed by atoms with Crippen molar-refractivity contribution in [1.29, 1.82) is 0 Å². The van der Waals surface area contributed by atoms with Crippen molar-refractivity contribution in [3.8, 4) is 0 Å². The minimum atomic E-state index is -0.144. The highest BCUT2D eigenvalue weighted by Crippen LogP contribution is 2.40. The molecule has 0 spiro atoms. The van der Waals surface area contributed by atoms with Gasteiger partial charge in [-0.25, -0.2) is 0 Å². The quantitative estimate of drug-likeness (QED) is 0.754. The van der Waals surface area contributed by atoms with Gasteiger partial charge in [-0.2, -0.15) is 0 Å². The molecule has 0 radical (unpaired) electrons. The molecule has 4 nitrogen and oxygen atoms in total. The highest BCUT2D eigenvalue weighted by molar-refractivity contribution is 7.80. The summed E-state index contributed by atoms with van der Waals surface area (Å²) in [7, 11) is 1.77. The number of aromatic nitrogens is 1. The fourth-order valence-electron chi connectivity index (χ4n) is 3.49. The third-order valence-corrected chi connectivity index (χ3v) is 5.02. The summed E-state index contributed by atoms with van der Waals surface area (Å²) in [5, 5.41) is 1.86. The zero-order chi connectivity index (χ0) is 14.0. The number of H-pyrrole nitrogens is 1. The Morgan fingerprint density at radius 1 is 1.35 bits per heavy atom. The van der Waals surface area contributed by atoms with E-state index in [1.807, 2.05) is 12.1 Å². The first kappa shape index (κ1) is 11.9.